The highest BCUT2D eigenvalue weighted by Gasteiger charge is 2.38. The number of allylic oxidation sites excluding steroid dienone is 2. The van der Waals surface area contributed by atoms with Crippen molar-refractivity contribution in [1.82, 2.24) is 4.98 Å². The molecule has 1 aliphatic heterocycles. The first kappa shape index (κ1) is 16.4. The zero-order chi connectivity index (χ0) is 17.3. The molecule has 0 fully saturated rings. The van der Waals surface area contributed by atoms with Crippen LogP contribution in [0.4, 0.5) is 0 Å². The van der Waals surface area contributed by atoms with Gasteiger partial charge in [0.25, 0.3) is 0 Å². The number of benzene rings is 1. The third-order valence-electron chi connectivity index (χ3n) is 4.30. The number of pyridine rings is 1. The fourth-order valence-electron chi connectivity index (χ4n) is 3.29. The Labute approximate surface area is 145 Å². The second-order valence-corrected chi connectivity index (χ2v) is 6.28. The number of carboxylic acids is 1. The van der Waals surface area contributed by atoms with Crippen molar-refractivity contribution in [3.05, 3.63) is 70.6 Å². The molecule has 0 saturated carbocycles. The average molecular weight is 341 g/mol. The lowest BCUT2D eigenvalue weighted by Crippen LogP contribution is -2.32. The van der Waals surface area contributed by atoms with Gasteiger partial charge in [-0.3, -0.25) is 14.8 Å². The van der Waals surface area contributed by atoms with Crippen molar-refractivity contribution in [2.45, 2.75) is 19.8 Å². The number of nitrogens with zero attached hydrogens (tertiary/aromatic N) is 2. The van der Waals surface area contributed by atoms with Crippen LogP contribution in [0.5, 0.6) is 0 Å². The van der Waals surface area contributed by atoms with Crippen LogP contribution in [-0.2, 0) is 4.79 Å². The third kappa shape index (κ3) is 2.97. The normalized spacial score (nSPS) is 20.7. The Morgan fingerprint density at radius 2 is 1.88 bits per heavy atom. The average Bonchev–Trinajstić information content (AvgIpc) is 2.55. The van der Waals surface area contributed by atoms with Crippen LogP contribution in [0, 0.1) is 5.92 Å². The standard InChI is InChI=1S/C19H17ClN2O2/c1-11-16(14-4-3-9-21-10-14)18(13-5-7-15(20)8-6-13)17(19(23)24)12(2)22-11/h3-10,17-18H,1-2H3,(H,23,24). The largest absolute Gasteiger partial charge is 0.481 e. The fraction of sp³-hybridized carbons (Fsp3) is 0.211. The van der Waals surface area contributed by atoms with E-state index >= 15 is 0 Å². The zero-order valence-corrected chi connectivity index (χ0v) is 14.2. The van der Waals surface area contributed by atoms with Gasteiger partial charge in [0.1, 0.15) is 5.92 Å². The van der Waals surface area contributed by atoms with Gasteiger partial charge < -0.3 is 5.11 Å². The molecule has 1 N–H and O–H groups in total. The summed E-state index contributed by atoms with van der Waals surface area (Å²) in [6.45, 7) is 3.68. The maximum Gasteiger partial charge on any atom is 0.313 e. The van der Waals surface area contributed by atoms with E-state index in [0.29, 0.717) is 10.7 Å². The van der Waals surface area contributed by atoms with Crippen molar-refractivity contribution in [3.8, 4) is 0 Å². The SMILES string of the molecule is CC1=NC(C)=C(c2cccnc2)C(c2ccc(Cl)cc2)C1C(=O)O. The Balaban J connectivity index is 2.23. The number of carboxylic acid groups (broad SMARTS) is 1. The monoisotopic (exact) mass is 340 g/mol. The van der Waals surface area contributed by atoms with E-state index in [4.69, 9.17) is 11.6 Å². The lowest BCUT2D eigenvalue weighted by molar-refractivity contribution is -0.139. The van der Waals surface area contributed by atoms with E-state index in [9.17, 15) is 9.90 Å². The predicted molar refractivity (Wildman–Crippen MR) is 95.3 cm³/mol. The molecule has 5 heteroatoms. The zero-order valence-electron chi connectivity index (χ0n) is 13.4. The number of hydrogen-bond acceptors (Lipinski definition) is 3. The van der Waals surface area contributed by atoms with Crippen LogP contribution in [0.25, 0.3) is 5.57 Å². The Bertz CT molecular complexity index is 826. The van der Waals surface area contributed by atoms with Gasteiger partial charge in [-0.1, -0.05) is 29.8 Å². The molecule has 122 valence electrons. The first-order valence-corrected chi connectivity index (χ1v) is 8.01. The van der Waals surface area contributed by atoms with Crippen LogP contribution in [0.15, 0.2) is 59.5 Å². The summed E-state index contributed by atoms with van der Waals surface area (Å²) in [7, 11) is 0. The Morgan fingerprint density at radius 3 is 2.46 bits per heavy atom. The van der Waals surface area contributed by atoms with Gasteiger partial charge in [-0.2, -0.15) is 0 Å². The summed E-state index contributed by atoms with van der Waals surface area (Å²) < 4.78 is 0. The van der Waals surface area contributed by atoms with Crippen LogP contribution in [0.1, 0.15) is 30.9 Å². The molecule has 0 bridgehead atoms. The first-order valence-electron chi connectivity index (χ1n) is 7.63. The summed E-state index contributed by atoms with van der Waals surface area (Å²) in [4.78, 5) is 20.6. The van der Waals surface area contributed by atoms with Crippen molar-refractivity contribution in [1.29, 1.82) is 0 Å². The summed E-state index contributed by atoms with van der Waals surface area (Å²) in [6, 6.07) is 11.1. The second-order valence-electron chi connectivity index (χ2n) is 5.84. The Hall–Kier alpha value is -2.46. The lowest BCUT2D eigenvalue weighted by Gasteiger charge is -2.31. The summed E-state index contributed by atoms with van der Waals surface area (Å²) in [5.74, 6) is -1.93. The molecule has 0 saturated heterocycles. The fourth-order valence-corrected chi connectivity index (χ4v) is 3.41. The number of halogens is 1. The number of aliphatic carboxylic acids is 1. The smallest absolute Gasteiger partial charge is 0.313 e. The first-order chi connectivity index (χ1) is 11.5. The molecule has 24 heavy (non-hydrogen) atoms. The molecule has 0 radical (unpaired) electrons. The van der Waals surface area contributed by atoms with Crippen LogP contribution in [-0.4, -0.2) is 21.8 Å². The molecular weight excluding hydrogens is 324 g/mol. The van der Waals surface area contributed by atoms with Crippen LogP contribution in [0.3, 0.4) is 0 Å². The molecule has 1 aliphatic rings. The van der Waals surface area contributed by atoms with Gasteiger partial charge >= 0.3 is 5.97 Å². The van der Waals surface area contributed by atoms with E-state index in [2.05, 4.69) is 9.98 Å². The van der Waals surface area contributed by atoms with Gasteiger partial charge in [-0.05, 0) is 48.7 Å². The predicted octanol–water partition coefficient (Wildman–Crippen LogP) is 4.43. The topological polar surface area (TPSA) is 62.5 Å². The summed E-state index contributed by atoms with van der Waals surface area (Å²) in [5, 5.41) is 10.4. The molecule has 3 rings (SSSR count). The van der Waals surface area contributed by atoms with Crippen LogP contribution >= 0.6 is 11.6 Å². The maximum atomic E-state index is 12.0. The van der Waals surface area contributed by atoms with Crippen molar-refractivity contribution in [2.75, 3.05) is 0 Å². The van der Waals surface area contributed by atoms with Gasteiger partial charge in [0, 0.05) is 34.7 Å². The van der Waals surface area contributed by atoms with E-state index < -0.39 is 11.9 Å². The molecule has 2 aromatic rings. The van der Waals surface area contributed by atoms with Gasteiger partial charge in [-0.15, -0.1) is 0 Å². The van der Waals surface area contributed by atoms with E-state index in [0.717, 1.165) is 22.4 Å². The highest BCUT2D eigenvalue weighted by molar-refractivity contribution is 6.30. The molecule has 2 unspecified atom stereocenters. The molecule has 2 atom stereocenters. The second kappa shape index (κ2) is 6.57. The quantitative estimate of drug-likeness (QED) is 0.899. The summed E-state index contributed by atoms with van der Waals surface area (Å²) in [6.07, 6.45) is 3.44. The maximum absolute atomic E-state index is 12.0. The number of rotatable bonds is 3. The number of hydrogen-bond donors (Lipinski definition) is 1. The van der Waals surface area contributed by atoms with Crippen molar-refractivity contribution < 1.29 is 9.90 Å². The summed E-state index contributed by atoms with van der Waals surface area (Å²) >= 11 is 6.00. The van der Waals surface area contributed by atoms with E-state index in [1.807, 2.05) is 31.2 Å². The number of aliphatic imine (C=N–C) groups is 1. The van der Waals surface area contributed by atoms with Crippen molar-refractivity contribution in [2.24, 2.45) is 10.9 Å². The highest BCUT2D eigenvalue weighted by atomic mass is 35.5. The van der Waals surface area contributed by atoms with Gasteiger partial charge in [-0.25, -0.2) is 0 Å². The minimum atomic E-state index is -0.884. The molecule has 2 heterocycles. The van der Waals surface area contributed by atoms with Gasteiger partial charge in [0.15, 0.2) is 0 Å². The van der Waals surface area contributed by atoms with Crippen molar-refractivity contribution in [3.63, 3.8) is 0 Å². The van der Waals surface area contributed by atoms with E-state index in [-0.39, 0.29) is 5.92 Å². The third-order valence-corrected chi connectivity index (χ3v) is 4.55. The Kier molecular flexibility index (Phi) is 4.49. The van der Waals surface area contributed by atoms with Gasteiger partial charge in [0.05, 0.1) is 0 Å². The molecule has 0 spiro atoms. The highest BCUT2D eigenvalue weighted by Crippen LogP contribution is 2.44. The van der Waals surface area contributed by atoms with Crippen LogP contribution in [0.2, 0.25) is 5.02 Å². The number of aromatic nitrogens is 1. The molecule has 1 aromatic heterocycles. The van der Waals surface area contributed by atoms with E-state index in [1.165, 1.54) is 0 Å². The minimum absolute atomic E-state index is 0.332. The molecule has 0 amide bonds. The minimum Gasteiger partial charge on any atom is -0.481 e. The number of carbonyl (C=O) groups is 1. The summed E-state index contributed by atoms with van der Waals surface area (Å²) in [5.41, 5.74) is 4.10. The van der Waals surface area contributed by atoms with Crippen molar-refractivity contribution >= 4 is 28.9 Å². The van der Waals surface area contributed by atoms with Gasteiger partial charge in [0.2, 0.25) is 0 Å². The van der Waals surface area contributed by atoms with Crippen LogP contribution < -0.4 is 0 Å². The van der Waals surface area contributed by atoms with E-state index in [1.54, 1.807) is 31.5 Å². The molecule has 1 aromatic carbocycles. The molecule has 4 nitrogen and oxygen atoms in total. The lowest BCUT2D eigenvalue weighted by atomic mass is 9.74. The molecule has 0 aliphatic carbocycles. The molecular formula is C19H17ClN2O2. The Morgan fingerprint density at radius 1 is 1.17 bits per heavy atom.